The van der Waals surface area contributed by atoms with Crippen molar-refractivity contribution >= 4 is 22.5 Å². The Morgan fingerprint density at radius 1 is 1.50 bits per heavy atom. The molecule has 0 bridgehead atoms. The lowest BCUT2D eigenvalue weighted by molar-refractivity contribution is 0.625. The minimum atomic E-state index is -0.191. The van der Waals surface area contributed by atoms with Gasteiger partial charge in [-0.2, -0.15) is 0 Å². The zero-order valence-corrected chi connectivity index (χ0v) is 7.18. The molecule has 0 N–H and O–H groups in total. The van der Waals surface area contributed by atoms with Gasteiger partial charge < -0.3 is 0 Å². The van der Waals surface area contributed by atoms with E-state index in [0.29, 0.717) is 0 Å². The number of rotatable bonds is 1. The van der Waals surface area contributed by atoms with Gasteiger partial charge >= 0.3 is 0 Å². The van der Waals surface area contributed by atoms with E-state index in [2.05, 4.69) is 11.7 Å². The van der Waals surface area contributed by atoms with Gasteiger partial charge in [-0.1, -0.05) is 10.8 Å². The average molecular weight is 174 g/mol. The van der Waals surface area contributed by atoms with Crippen LogP contribution in [0.5, 0.6) is 0 Å². The molecule has 0 aromatic heterocycles. The molecule has 1 rings (SSSR count). The highest BCUT2D eigenvalue weighted by molar-refractivity contribution is 8.68. The predicted octanol–water partition coefficient (Wildman–Crippen LogP) is 3.07. The number of thiol groups is 1. The Hall–Kier alpha value is -0.150. The molecule has 10 heavy (non-hydrogen) atoms. The molecule has 0 aliphatic carbocycles. The molecule has 0 heterocycles. The SMILES string of the molecule is Cc1cc(F)ccc1SS. The Bertz CT molecular complexity index is 235. The van der Waals surface area contributed by atoms with Gasteiger partial charge in [0.15, 0.2) is 0 Å². The van der Waals surface area contributed by atoms with Crippen molar-refractivity contribution in [2.75, 3.05) is 0 Å². The third-order valence-corrected chi connectivity index (χ3v) is 2.48. The molecule has 0 fully saturated rings. The topological polar surface area (TPSA) is 0 Å². The van der Waals surface area contributed by atoms with Crippen molar-refractivity contribution in [2.24, 2.45) is 0 Å². The molecule has 0 saturated heterocycles. The molecule has 0 unspecified atom stereocenters. The Morgan fingerprint density at radius 2 is 2.20 bits per heavy atom. The average Bonchev–Trinajstić information content (AvgIpc) is 1.88. The number of hydrogen-bond donors (Lipinski definition) is 1. The normalized spacial score (nSPS) is 9.90. The highest BCUT2D eigenvalue weighted by Gasteiger charge is 1.96. The van der Waals surface area contributed by atoms with Crippen LogP contribution in [0.2, 0.25) is 0 Å². The summed E-state index contributed by atoms with van der Waals surface area (Å²) in [7, 11) is 1.33. The second-order valence-corrected chi connectivity index (χ2v) is 3.17. The number of benzene rings is 1. The summed E-state index contributed by atoms with van der Waals surface area (Å²) in [5.74, 6) is -0.191. The summed E-state index contributed by atoms with van der Waals surface area (Å²) in [6.07, 6.45) is 0. The maximum atomic E-state index is 12.4. The summed E-state index contributed by atoms with van der Waals surface area (Å²) in [4.78, 5) is 1.00. The first-order chi connectivity index (χ1) is 4.74. The summed E-state index contributed by atoms with van der Waals surface area (Å²) in [6.45, 7) is 1.86. The Kier molecular flexibility index (Phi) is 2.63. The van der Waals surface area contributed by atoms with E-state index >= 15 is 0 Å². The fourth-order valence-corrected chi connectivity index (χ4v) is 1.66. The van der Waals surface area contributed by atoms with Crippen LogP contribution in [0.4, 0.5) is 4.39 Å². The second-order valence-electron chi connectivity index (χ2n) is 2.00. The van der Waals surface area contributed by atoms with Gasteiger partial charge in [0.2, 0.25) is 0 Å². The van der Waals surface area contributed by atoms with Crippen LogP contribution in [-0.2, 0) is 0 Å². The van der Waals surface area contributed by atoms with Crippen LogP contribution in [-0.4, -0.2) is 0 Å². The lowest BCUT2D eigenvalue weighted by Crippen LogP contribution is -1.78. The zero-order chi connectivity index (χ0) is 7.56. The van der Waals surface area contributed by atoms with Crippen molar-refractivity contribution in [3.8, 4) is 0 Å². The first-order valence-electron chi connectivity index (χ1n) is 2.81. The fraction of sp³-hybridized carbons (Fsp3) is 0.143. The van der Waals surface area contributed by atoms with Crippen LogP contribution in [0.1, 0.15) is 5.56 Å². The second kappa shape index (κ2) is 3.30. The van der Waals surface area contributed by atoms with Crippen molar-refractivity contribution in [1.29, 1.82) is 0 Å². The monoisotopic (exact) mass is 174 g/mol. The van der Waals surface area contributed by atoms with Crippen LogP contribution in [0, 0.1) is 12.7 Å². The molecule has 0 aliphatic rings. The minimum absolute atomic E-state index is 0.191. The third kappa shape index (κ3) is 1.67. The molecule has 0 amide bonds. The Labute approximate surface area is 68.6 Å². The Morgan fingerprint density at radius 3 is 2.70 bits per heavy atom. The molecular formula is C7H7FS2. The first-order valence-corrected chi connectivity index (χ1v) is 4.68. The van der Waals surface area contributed by atoms with Gasteiger partial charge in [0.05, 0.1) is 0 Å². The number of halogens is 1. The Balaban J connectivity index is 3.07. The van der Waals surface area contributed by atoms with E-state index in [9.17, 15) is 4.39 Å². The molecule has 0 radical (unpaired) electrons. The van der Waals surface area contributed by atoms with Crippen LogP contribution in [0.25, 0.3) is 0 Å². The summed E-state index contributed by atoms with van der Waals surface area (Å²) in [5, 5.41) is 0. The summed E-state index contributed by atoms with van der Waals surface area (Å²) < 4.78 is 12.4. The summed E-state index contributed by atoms with van der Waals surface area (Å²) >= 11 is 4.01. The molecule has 0 aliphatic heterocycles. The van der Waals surface area contributed by atoms with Gasteiger partial charge in [-0.3, -0.25) is 0 Å². The standard InChI is InChI=1S/C7H7FS2/c1-5-4-6(8)2-3-7(5)10-9/h2-4,9H,1H3. The fourth-order valence-electron chi connectivity index (χ4n) is 0.715. The summed E-state index contributed by atoms with van der Waals surface area (Å²) in [6, 6.07) is 4.66. The van der Waals surface area contributed by atoms with Gasteiger partial charge in [0, 0.05) is 4.90 Å². The largest absolute Gasteiger partial charge is 0.207 e. The van der Waals surface area contributed by atoms with Crippen molar-refractivity contribution in [1.82, 2.24) is 0 Å². The van der Waals surface area contributed by atoms with Crippen molar-refractivity contribution < 1.29 is 4.39 Å². The van der Waals surface area contributed by atoms with Crippen LogP contribution < -0.4 is 0 Å². The van der Waals surface area contributed by atoms with E-state index in [1.165, 1.54) is 22.9 Å². The van der Waals surface area contributed by atoms with E-state index in [1.807, 2.05) is 6.92 Å². The molecule has 0 atom stereocenters. The molecule has 0 nitrogen and oxygen atoms in total. The smallest absolute Gasteiger partial charge is 0.123 e. The predicted molar refractivity (Wildman–Crippen MR) is 46.0 cm³/mol. The highest BCUT2D eigenvalue weighted by Crippen LogP contribution is 2.25. The molecule has 0 spiro atoms. The van der Waals surface area contributed by atoms with Crippen molar-refractivity contribution in [3.63, 3.8) is 0 Å². The van der Waals surface area contributed by atoms with E-state index in [1.54, 1.807) is 6.07 Å². The minimum Gasteiger partial charge on any atom is -0.207 e. The molecule has 3 heteroatoms. The zero-order valence-electron chi connectivity index (χ0n) is 5.47. The van der Waals surface area contributed by atoms with E-state index in [4.69, 9.17) is 0 Å². The first kappa shape index (κ1) is 7.95. The molecule has 0 saturated carbocycles. The molecule has 1 aromatic carbocycles. The van der Waals surface area contributed by atoms with Gasteiger partial charge in [-0.15, -0.1) is 11.7 Å². The molecule has 54 valence electrons. The van der Waals surface area contributed by atoms with Gasteiger partial charge in [0.1, 0.15) is 5.82 Å². The summed E-state index contributed by atoms with van der Waals surface area (Å²) in [5.41, 5.74) is 0.931. The quantitative estimate of drug-likeness (QED) is 0.504. The lowest BCUT2D eigenvalue weighted by atomic mass is 10.2. The van der Waals surface area contributed by atoms with Crippen LogP contribution in [0.15, 0.2) is 23.1 Å². The maximum Gasteiger partial charge on any atom is 0.123 e. The van der Waals surface area contributed by atoms with Crippen molar-refractivity contribution in [2.45, 2.75) is 11.8 Å². The molecule has 1 aromatic rings. The van der Waals surface area contributed by atoms with Gasteiger partial charge in [0.25, 0.3) is 0 Å². The highest BCUT2D eigenvalue weighted by atomic mass is 33.1. The third-order valence-electron chi connectivity index (χ3n) is 1.24. The van der Waals surface area contributed by atoms with Crippen LogP contribution >= 0.6 is 22.5 Å². The van der Waals surface area contributed by atoms with Gasteiger partial charge in [-0.25, -0.2) is 4.39 Å². The molecular weight excluding hydrogens is 167 g/mol. The van der Waals surface area contributed by atoms with E-state index < -0.39 is 0 Å². The number of aryl methyl sites for hydroxylation is 1. The van der Waals surface area contributed by atoms with Gasteiger partial charge in [-0.05, 0) is 30.7 Å². The lowest BCUT2D eigenvalue weighted by Gasteiger charge is -1.98. The van der Waals surface area contributed by atoms with Crippen molar-refractivity contribution in [3.05, 3.63) is 29.6 Å². The maximum absolute atomic E-state index is 12.4. The van der Waals surface area contributed by atoms with E-state index in [-0.39, 0.29) is 5.82 Å². The van der Waals surface area contributed by atoms with Crippen LogP contribution in [0.3, 0.4) is 0 Å². The number of hydrogen-bond acceptors (Lipinski definition) is 2. The van der Waals surface area contributed by atoms with E-state index in [0.717, 1.165) is 10.5 Å².